The van der Waals surface area contributed by atoms with Gasteiger partial charge in [0.25, 0.3) is 0 Å². The molecule has 0 atom stereocenters. The number of ketones is 1. The number of benzene rings is 1. The first-order valence-electron chi connectivity index (χ1n) is 7.63. The van der Waals surface area contributed by atoms with Gasteiger partial charge >= 0.3 is 5.69 Å². The molecule has 122 valence electrons. The third kappa shape index (κ3) is 2.91. The number of rotatable bonds is 4. The summed E-state index contributed by atoms with van der Waals surface area (Å²) >= 11 is 0. The highest BCUT2D eigenvalue weighted by atomic mass is 16.6. The Labute approximate surface area is 132 Å². The van der Waals surface area contributed by atoms with Crippen LogP contribution in [0.2, 0.25) is 0 Å². The Kier molecular flexibility index (Phi) is 4.02. The van der Waals surface area contributed by atoms with Crippen molar-refractivity contribution < 1.29 is 18.9 Å². The fourth-order valence-electron chi connectivity index (χ4n) is 3.19. The topological polar surface area (TPSA) is 95.5 Å². The first kappa shape index (κ1) is 15.5. The number of aromatic nitrogens is 1. The molecule has 7 nitrogen and oxygen atoms in total. The van der Waals surface area contributed by atoms with Gasteiger partial charge in [0.2, 0.25) is 0 Å². The van der Waals surface area contributed by atoms with E-state index in [0.717, 1.165) is 25.7 Å². The number of carbonyl (C=O) groups excluding carboxylic acids is 1. The summed E-state index contributed by atoms with van der Waals surface area (Å²) < 4.78 is 10.8. The lowest BCUT2D eigenvalue weighted by Crippen LogP contribution is -2.19. The molecule has 0 unspecified atom stereocenters. The van der Waals surface area contributed by atoms with E-state index in [1.165, 1.54) is 19.2 Å². The highest BCUT2D eigenvalue weighted by molar-refractivity contribution is 5.79. The lowest BCUT2D eigenvalue weighted by molar-refractivity contribution is -0.385. The molecule has 23 heavy (non-hydrogen) atoms. The predicted molar refractivity (Wildman–Crippen MR) is 82.6 cm³/mol. The van der Waals surface area contributed by atoms with E-state index in [4.69, 9.17) is 9.15 Å². The third-order valence-corrected chi connectivity index (χ3v) is 4.55. The first-order chi connectivity index (χ1) is 11.0. The maximum Gasteiger partial charge on any atom is 0.314 e. The van der Waals surface area contributed by atoms with Gasteiger partial charge in [0.15, 0.2) is 17.2 Å². The molecule has 1 saturated carbocycles. The number of Topliss-reactive ketones (excluding diaryl/α,β-unsaturated/α-hetero) is 1. The van der Waals surface area contributed by atoms with E-state index in [0.29, 0.717) is 17.0 Å². The zero-order chi connectivity index (χ0) is 16.6. The molecule has 1 aromatic heterocycles. The minimum Gasteiger partial charge on any atom is -0.490 e. The Balaban J connectivity index is 1.89. The summed E-state index contributed by atoms with van der Waals surface area (Å²) in [5.41, 5.74) is 0.806. The van der Waals surface area contributed by atoms with Gasteiger partial charge in [-0.1, -0.05) is 0 Å². The number of methoxy groups -OCH3 is 1. The smallest absolute Gasteiger partial charge is 0.314 e. The number of oxazole rings is 1. The monoisotopic (exact) mass is 318 g/mol. The zero-order valence-electron chi connectivity index (χ0n) is 13.1. The zero-order valence-corrected chi connectivity index (χ0v) is 13.1. The van der Waals surface area contributed by atoms with Crippen molar-refractivity contribution in [3.63, 3.8) is 0 Å². The maximum absolute atomic E-state index is 11.4. The van der Waals surface area contributed by atoms with Gasteiger partial charge in [-0.3, -0.25) is 14.9 Å². The average molecular weight is 318 g/mol. The van der Waals surface area contributed by atoms with Crippen molar-refractivity contribution in [3.05, 3.63) is 28.1 Å². The maximum atomic E-state index is 11.4. The van der Waals surface area contributed by atoms with Crippen molar-refractivity contribution in [2.24, 2.45) is 5.92 Å². The standard InChI is InChI=1S/C16H18N2O5/c1-9(19)10-3-5-11(6-4-10)16-17-12-7-15(22-2)13(18(20)21)8-14(12)23-16/h7-8,10-11H,3-6H2,1-2H3. The molecule has 1 aromatic carbocycles. The summed E-state index contributed by atoms with van der Waals surface area (Å²) in [4.78, 5) is 26.5. The second-order valence-electron chi connectivity index (χ2n) is 5.96. The molecule has 1 fully saturated rings. The molecule has 0 aliphatic heterocycles. The van der Waals surface area contributed by atoms with Crippen LogP contribution in [0.15, 0.2) is 16.5 Å². The van der Waals surface area contributed by atoms with Gasteiger partial charge in [0, 0.05) is 17.9 Å². The Bertz CT molecular complexity index is 759. The number of fused-ring (bicyclic) bond motifs is 1. The minimum absolute atomic E-state index is 0.136. The van der Waals surface area contributed by atoms with Crippen LogP contribution in [0.4, 0.5) is 5.69 Å². The lowest BCUT2D eigenvalue weighted by atomic mass is 9.80. The second-order valence-corrected chi connectivity index (χ2v) is 5.96. The molecule has 0 saturated heterocycles. The molecule has 0 amide bonds. The summed E-state index contributed by atoms with van der Waals surface area (Å²) in [5, 5.41) is 11.1. The molecule has 2 aromatic rings. The van der Waals surface area contributed by atoms with E-state index in [1.54, 1.807) is 6.92 Å². The normalized spacial score (nSPS) is 21.3. The van der Waals surface area contributed by atoms with Crippen molar-refractivity contribution >= 4 is 22.6 Å². The van der Waals surface area contributed by atoms with Gasteiger partial charge < -0.3 is 9.15 Å². The summed E-state index contributed by atoms with van der Waals surface area (Å²) in [6.07, 6.45) is 3.36. The number of nitrogens with zero attached hydrogens (tertiary/aromatic N) is 2. The number of ether oxygens (including phenoxy) is 1. The molecular weight excluding hydrogens is 300 g/mol. The number of hydrogen-bond acceptors (Lipinski definition) is 6. The summed E-state index contributed by atoms with van der Waals surface area (Å²) in [5.74, 6) is 1.29. The molecule has 0 bridgehead atoms. The largest absolute Gasteiger partial charge is 0.490 e. The quantitative estimate of drug-likeness (QED) is 0.631. The summed E-state index contributed by atoms with van der Waals surface area (Å²) in [7, 11) is 1.39. The van der Waals surface area contributed by atoms with E-state index in [1.807, 2.05) is 0 Å². The fourth-order valence-corrected chi connectivity index (χ4v) is 3.19. The fraction of sp³-hybridized carbons (Fsp3) is 0.500. The van der Waals surface area contributed by atoms with Crippen LogP contribution in [0.1, 0.15) is 44.4 Å². The van der Waals surface area contributed by atoms with Crippen LogP contribution in [0, 0.1) is 16.0 Å². The highest BCUT2D eigenvalue weighted by Crippen LogP contribution is 2.38. The van der Waals surface area contributed by atoms with E-state index in [2.05, 4.69) is 4.98 Å². The Morgan fingerprint density at radius 1 is 1.35 bits per heavy atom. The van der Waals surface area contributed by atoms with Gasteiger partial charge in [0.05, 0.1) is 18.1 Å². The van der Waals surface area contributed by atoms with Crippen molar-refractivity contribution in [2.75, 3.05) is 7.11 Å². The van der Waals surface area contributed by atoms with Crippen LogP contribution in [0.3, 0.4) is 0 Å². The van der Waals surface area contributed by atoms with Crippen LogP contribution in [0.5, 0.6) is 5.75 Å². The van der Waals surface area contributed by atoms with Crippen molar-refractivity contribution in [1.82, 2.24) is 4.98 Å². The Morgan fingerprint density at radius 3 is 2.61 bits per heavy atom. The van der Waals surface area contributed by atoms with Gasteiger partial charge in [-0.05, 0) is 32.6 Å². The molecule has 0 N–H and O–H groups in total. The molecule has 3 rings (SSSR count). The van der Waals surface area contributed by atoms with Crippen LogP contribution in [0.25, 0.3) is 11.1 Å². The Hall–Kier alpha value is -2.44. The lowest BCUT2D eigenvalue weighted by Gasteiger charge is -2.24. The van der Waals surface area contributed by atoms with E-state index in [9.17, 15) is 14.9 Å². The van der Waals surface area contributed by atoms with E-state index < -0.39 is 4.92 Å². The predicted octanol–water partition coefficient (Wildman–Crippen LogP) is 3.61. The van der Waals surface area contributed by atoms with Gasteiger partial charge in [-0.15, -0.1) is 0 Å². The molecule has 0 spiro atoms. The molecule has 1 aliphatic carbocycles. The molecule has 1 aliphatic rings. The molecule has 7 heteroatoms. The highest BCUT2D eigenvalue weighted by Gasteiger charge is 2.28. The average Bonchev–Trinajstić information content (AvgIpc) is 2.96. The molecule has 1 heterocycles. The van der Waals surface area contributed by atoms with Gasteiger partial charge in [-0.25, -0.2) is 4.98 Å². The van der Waals surface area contributed by atoms with Crippen LogP contribution >= 0.6 is 0 Å². The van der Waals surface area contributed by atoms with E-state index in [-0.39, 0.29) is 29.1 Å². The first-order valence-corrected chi connectivity index (χ1v) is 7.63. The number of carbonyl (C=O) groups is 1. The summed E-state index contributed by atoms with van der Waals surface area (Å²) in [6.45, 7) is 1.63. The minimum atomic E-state index is -0.501. The third-order valence-electron chi connectivity index (χ3n) is 4.55. The van der Waals surface area contributed by atoms with Crippen LogP contribution < -0.4 is 4.74 Å². The molecular formula is C16H18N2O5. The van der Waals surface area contributed by atoms with Crippen molar-refractivity contribution in [1.29, 1.82) is 0 Å². The second kappa shape index (κ2) is 5.98. The number of nitro benzene ring substituents is 1. The number of hydrogen-bond donors (Lipinski definition) is 0. The number of nitro groups is 1. The van der Waals surface area contributed by atoms with Gasteiger partial charge in [-0.2, -0.15) is 0 Å². The van der Waals surface area contributed by atoms with Crippen LogP contribution in [-0.4, -0.2) is 22.8 Å². The van der Waals surface area contributed by atoms with Crippen LogP contribution in [-0.2, 0) is 4.79 Å². The van der Waals surface area contributed by atoms with Gasteiger partial charge in [0.1, 0.15) is 11.3 Å². The Morgan fingerprint density at radius 2 is 2.04 bits per heavy atom. The summed E-state index contributed by atoms with van der Waals surface area (Å²) in [6, 6.07) is 2.88. The van der Waals surface area contributed by atoms with E-state index >= 15 is 0 Å². The van der Waals surface area contributed by atoms with Crippen molar-refractivity contribution in [2.45, 2.75) is 38.5 Å². The SMILES string of the molecule is COc1cc2nc(C3CCC(C(C)=O)CC3)oc2cc1[N+](=O)[O-]. The molecule has 0 radical (unpaired) electrons. The van der Waals surface area contributed by atoms with Crippen molar-refractivity contribution in [3.8, 4) is 5.75 Å².